The van der Waals surface area contributed by atoms with E-state index < -0.39 is 9.84 Å². The van der Waals surface area contributed by atoms with Crippen molar-refractivity contribution in [1.82, 2.24) is 4.98 Å². The highest BCUT2D eigenvalue weighted by atomic mass is 32.2. The molecule has 96 valence electrons. The van der Waals surface area contributed by atoms with Gasteiger partial charge in [-0.05, 0) is 18.6 Å². The summed E-state index contributed by atoms with van der Waals surface area (Å²) in [4.78, 5) is 4.25. The Labute approximate surface area is 107 Å². The van der Waals surface area contributed by atoms with E-state index in [0.29, 0.717) is 0 Å². The minimum Gasteiger partial charge on any atom is -0.327 e. The van der Waals surface area contributed by atoms with Crippen molar-refractivity contribution in [1.29, 1.82) is 0 Å². The second-order valence-electron chi connectivity index (χ2n) is 4.52. The maximum absolute atomic E-state index is 11.9. The maximum atomic E-state index is 11.9. The fourth-order valence-electron chi connectivity index (χ4n) is 1.98. The number of nitrogens with two attached hydrogens (primary N) is 1. The van der Waals surface area contributed by atoms with Gasteiger partial charge in [-0.1, -0.05) is 24.3 Å². The summed E-state index contributed by atoms with van der Waals surface area (Å²) in [6.45, 7) is 1.69. The molecule has 0 aliphatic carbocycles. The van der Waals surface area contributed by atoms with E-state index in [9.17, 15) is 8.42 Å². The van der Waals surface area contributed by atoms with Gasteiger partial charge >= 0.3 is 0 Å². The van der Waals surface area contributed by atoms with Crippen LogP contribution in [0, 0.1) is 0 Å². The fourth-order valence-corrected chi connectivity index (χ4v) is 3.61. The lowest BCUT2D eigenvalue weighted by Crippen LogP contribution is -2.27. The third-order valence-electron chi connectivity index (χ3n) is 2.61. The Balaban J connectivity index is 2.38. The van der Waals surface area contributed by atoms with E-state index in [2.05, 4.69) is 4.98 Å². The van der Waals surface area contributed by atoms with Crippen molar-refractivity contribution in [3.63, 3.8) is 0 Å². The zero-order chi connectivity index (χ0) is 13.2. The molecule has 5 heteroatoms. The standard InChI is InChI=1S/C13H16N2O2S/c1-10(14)8-18(16,17)9-12-5-2-4-11-6-3-7-15-13(11)12/h2-7,10H,8-9,14H2,1H3. The summed E-state index contributed by atoms with van der Waals surface area (Å²) < 4.78 is 23.9. The predicted molar refractivity (Wildman–Crippen MR) is 72.9 cm³/mol. The van der Waals surface area contributed by atoms with Crippen molar-refractivity contribution in [3.05, 3.63) is 42.1 Å². The first kappa shape index (κ1) is 13.0. The SMILES string of the molecule is CC(N)CS(=O)(=O)Cc1cccc2cccnc12. The number of benzene rings is 1. The van der Waals surface area contributed by atoms with Gasteiger partial charge in [-0.25, -0.2) is 8.42 Å². The molecule has 1 aromatic carbocycles. The maximum Gasteiger partial charge on any atom is 0.156 e. The molecule has 0 aliphatic rings. The summed E-state index contributed by atoms with van der Waals surface area (Å²) in [5.74, 6) is -0.0148. The smallest absolute Gasteiger partial charge is 0.156 e. The summed E-state index contributed by atoms with van der Waals surface area (Å²) in [5, 5.41) is 0.950. The highest BCUT2D eigenvalue weighted by molar-refractivity contribution is 7.90. The molecule has 1 unspecified atom stereocenters. The number of para-hydroxylation sites is 1. The monoisotopic (exact) mass is 264 g/mol. The molecule has 18 heavy (non-hydrogen) atoms. The normalized spacial score (nSPS) is 13.7. The number of nitrogens with zero attached hydrogens (tertiary/aromatic N) is 1. The molecule has 2 N–H and O–H groups in total. The number of sulfone groups is 1. The first-order valence-electron chi connectivity index (χ1n) is 5.76. The van der Waals surface area contributed by atoms with E-state index >= 15 is 0 Å². The Morgan fingerprint density at radius 1 is 1.28 bits per heavy atom. The minimum atomic E-state index is -3.19. The van der Waals surface area contributed by atoms with Crippen molar-refractivity contribution in [2.75, 3.05) is 5.75 Å². The van der Waals surface area contributed by atoms with Crippen LogP contribution >= 0.6 is 0 Å². The lowest BCUT2D eigenvalue weighted by Gasteiger charge is -2.08. The Morgan fingerprint density at radius 3 is 2.72 bits per heavy atom. The molecule has 1 heterocycles. The van der Waals surface area contributed by atoms with Crippen LogP contribution in [0.15, 0.2) is 36.5 Å². The van der Waals surface area contributed by atoms with Crippen molar-refractivity contribution in [2.45, 2.75) is 18.7 Å². The Hall–Kier alpha value is -1.46. The average Bonchev–Trinajstić information content (AvgIpc) is 2.27. The molecule has 1 atom stereocenters. The van der Waals surface area contributed by atoms with Crippen LogP contribution in [0.5, 0.6) is 0 Å². The van der Waals surface area contributed by atoms with Gasteiger partial charge in [0.1, 0.15) is 0 Å². The van der Waals surface area contributed by atoms with Gasteiger partial charge in [-0.2, -0.15) is 0 Å². The van der Waals surface area contributed by atoms with Crippen molar-refractivity contribution >= 4 is 20.7 Å². The average molecular weight is 264 g/mol. The molecule has 0 spiro atoms. The quantitative estimate of drug-likeness (QED) is 0.908. The second kappa shape index (κ2) is 5.04. The predicted octanol–water partition coefficient (Wildman–Crippen LogP) is 1.50. The summed E-state index contributed by atoms with van der Waals surface area (Å²) in [6.07, 6.45) is 1.67. The van der Waals surface area contributed by atoms with Gasteiger partial charge in [0, 0.05) is 17.6 Å². The Morgan fingerprint density at radius 2 is 2.00 bits per heavy atom. The molecule has 2 rings (SSSR count). The molecular weight excluding hydrogens is 248 g/mol. The van der Waals surface area contributed by atoms with Crippen LogP contribution in [0.3, 0.4) is 0 Å². The lowest BCUT2D eigenvalue weighted by atomic mass is 10.1. The van der Waals surface area contributed by atoms with Gasteiger partial charge in [0.2, 0.25) is 0 Å². The molecule has 0 radical (unpaired) electrons. The second-order valence-corrected chi connectivity index (χ2v) is 6.63. The van der Waals surface area contributed by atoms with E-state index in [0.717, 1.165) is 16.5 Å². The summed E-state index contributed by atoms with van der Waals surface area (Å²) >= 11 is 0. The van der Waals surface area contributed by atoms with Gasteiger partial charge in [-0.3, -0.25) is 4.98 Å². The van der Waals surface area contributed by atoms with Gasteiger partial charge in [0.05, 0.1) is 17.0 Å². The van der Waals surface area contributed by atoms with Crippen LogP contribution in [0.2, 0.25) is 0 Å². The van der Waals surface area contributed by atoms with E-state index in [1.807, 2.05) is 24.3 Å². The lowest BCUT2D eigenvalue weighted by molar-refractivity contribution is 0.589. The van der Waals surface area contributed by atoms with Gasteiger partial charge in [0.25, 0.3) is 0 Å². The zero-order valence-electron chi connectivity index (χ0n) is 10.2. The van der Waals surface area contributed by atoms with Crippen molar-refractivity contribution < 1.29 is 8.42 Å². The third-order valence-corrected chi connectivity index (χ3v) is 4.39. The molecule has 4 nitrogen and oxygen atoms in total. The van der Waals surface area contributed by atoms with Crippen LogP contribution in [0.4, 0.5) is 0 Å². The molecule has 2 aromatic rings. The van der Waals surface area contributed by atoms with Crippen molar-refractivity contribution in [2.24, 2.45) is 5.73 Å². The molecular formula is C13H16N2O2S. The van der Waals surface area contributed by atoms with Gasteiger partial charge < -0.3 is 5.73 Å². The number of pyridine rings is 1. The number of fused-ring (bicyclic) bond motifs is 1. The van der Waals surface area contributed by atoms with E-state index in [-0.39, 0.29) is 17.5 Å². The number of rotatable bonds is 4. The molecule has 0 aliphatic heterocycles. The number of hydrogen-bond acceptors (Lipinski definition) is 4. The molecule has 1 aromatic heterocycles. The number of hydrogen-bond donors (Lipinski definition) is 1. The van der Waals surface area contributed by atoms with E-state index in [1.165, 1.54) is 0 Å². The summed E-state index contributed by atoms with van der Waals surface area (Å²) in [6, 6.07) is 8.98. The first-order chi connectivity index (χ1) is 8.48. The molecule has 0 saturated carbocycles. The van der Waals surface area contributed by atoms with E-state index in [1.54, 1.807) is 19.2 Å². The minimum absolute atomic E-state index is 0.00375. The largest absolute Gasteiger partial charge is 0.327 e. The Kier molecular flexibility index (Phi) is 3.63. The number of aromatic nitrogens is 1. The Bertz CT molecular complexity index is 646. The van der Waals surface area contributed by atoms with Crippen LogP contribution in [0.1, 0.15) is 12.5 Å². The third kappa shape index (κ3) is 3.05. The highest BCUT2D eigenvalue weighted by Crippen LogP contribution is 2.18. The van der Waals surface area contributed by atoms with Crippen LogP contribution in [0.25, 0.3) is 10.9 Å². The molecule has 0 fully saturated rings. The zero-order valence-corrected chi connectivity index (χ0v) is 11.0. The van der Waals surface area contributed by atoms with Gasteiger partial charge in [0.15, 0.2) is 9.84 Å². The fraction of sp³-hybridized carbons (Fsp3) is 0.308. The van der Waals surface area contributed by atoms with Crippen molar-refractivity contribution in [3.8, 4) is 0 Å². The summed E-state index contributed by atoms with van der Waals surface area (Å²) in [5.41, 5.74) is 7.02. The highest BCUT2D eigenvalue weighted by Gasteiger charge is 2.16. The summed E-state index contributed by atoms with van der Waals surface area (Å²) in [7, 11) is -3.19. The first-order valence-corrected chi connectivity index (χ1v) is 7.59. The van der Waals surface area contributed by atoms with Crippen LogP contribution < -0.4 is 5.73 Å². The molecule has 0 bridgehead atoms. The molecule has 0 amide bonds. The van der Waals surface area contributed by atoms with Crippen LogP contribution in [-0.2, 0) is 15.6 Å². The van der Waals surface area contributed by atoms with Gasteiger partial charge in [-0.15, -0.1) is 0 Å². The van der Waals surface area contributed by atoms with E-state index in [4.69, 9.17) is 5.73 Å². The topological polar surface area (TPSA) is 73.1 Å². The molecule has 0 saturated heterocycles. The van der Waals surface area contributed by atoms with Crippen LogP contribution in [-0.4, -0.2) is 25.2 Å².